The van der Waals surface area contributed by atoms with Crippen molar-refractivity contribution in [3.63, 3.8) is 0 Å². The second-order valence-corrected chi connectivity index (χ2v) is 9.31. The summed E-state index contributed by atoms with van der Waals surface area (Å²) in [5.41, 5.74) is 1.65. The van der Waals surface area contributed by atoms with Crippen LogP contribution in [0.3, 0.4) is 0 Å². The fourth-order valence-electron chi connectivity index (χ4n) is 3.42. The third-order valence-corrected chi connectivity index (χ3v) is 6.81. The molecule has 1 aliphatic heterocycles. The molecule has 0 bridgehead atoms. The molecule has 150 valence electrons. The van der Waals surface area contributed by atoms with E-state index in [1.807, 2.05) is 12.1 Å². The zero-order chi connectivity index (χ0) is 20.1. The molecule has 1 amide bonds. The predicted octanol–water partition coefficient (Wildman–Crippen LogP) is 2.95. The highest BCUT2D eigenvalue weighted by Gasteiger charge is 2.21. The van der Waals surface area contributed by atoms with Crippen molar-refractivity contribution in [2.45, 2.75) is 37.1 Å². The van der Waals surface area contributed by atoms with E-state index in [0.717, 1.165) is 31.6 Å². The summed E-state index contributed by atoms with van der Waals surface area (Å²) in [5.74, 6) is -0.345. The number of hydrogen-bond acceptors (Lipinski definition) is 4. The zero-order valence-corrected chi connectivity index (χ0v) is 16.7. The second-order valence-electron chi connectivity index (χ2n) is 7.03. The summed E-state index contributed by atoms with van der Waals surface area (Å²) in [5, 5.41) is 3.03. The molecule has 0 unspecified atom stereocenters. The second kappa shape index (κ2) is 8.73. The van der Waals surface area contributed by atoms with Crippen molar-refractivity contribution >= 4 is 21.4 Å². The average molecular weight is 405 g/mol. The lowest BCUT2D eigenvalue weighted by molar-refractivity contribution is -0.121. The maximum atomic E-state index is 13.2. The molecule has 0 aromatic heterocycles. The lowest BCUT2D eigenvalue weighted by Crippen LogP contribution is -2.45. The molecule has 1 fully saturated rings. The first-order valence-corrected chi connectivity index (χ1v) is 11.1. The Kier molecular flexibility index (Phi) is 6.34. The maximum Gasteiger partial charge on any atom is 0.224 e. The molecule has 0 spiro atoms. The lowest BCUT2D eigenvalue weighted by Gasteiger charge is -2.34. The average Bonchev–Trinajstić information content (AvgIpc) is 2.68. The molecule has 0 atom stereocenters. The molecule has 28 heavy (non-hydrogen) atoms. The van der Waals surface area contributed by atoms with Gasteiger partial charge in [0.2, 0.25) is 5.91 Å². The molecule has 2 aromatic rings. The normalized spacial score (nSPS) is 15.4. The molecule has 2 aromatic carbocycles. The van der Waals surface area contributed by atoms with Crippen LogP contribution < -0.4 is 10.2 Å². The van der Waals surface area contributed by atoms with Crippen LogP contribution in [0.5, 0.6) is 0 Å². The lowest BCUT2D eigenvalue weighted by atomic mass is 10.0. The number of carbonyl (C=O) groups is 1. The van der Waals surface area contributed by atoms with Crippen LogP contribution in [-0.2, 0) is 21.1 Å². The number of nitrogens with zero attached hydrogens (tertiary/aromatic N) is 1. The van der Waals surface area contributed by atoms with E-state index in [1.165, 1.54) is 12.1 Å². The SMILES string of the molecule is CCS(=O)(=O)c1ccc(N2CCC(NC(=O)Cc3cccc(F)c3)CC2)cc1. The van der Waals surface area contributed by atoms with E-state index in [4.69, 9.17) is 0 Å². The highest BCUT2D eigenvalue weighted by Crippen LogP contribution is 2.22. The Hall–Kier alpha value is -2.41. The van der Waals surface area contributed by atoms with Crippen molar-refractivity contribution in [2.24, 2.45) is 0 Å². The standard InChI is InChI=1S/C21H25FN2O3S/c1-2-28(26,27)20-8-6-19(7-9-20)24-12-10-18(11-13-24)23-21(25)15-16-4-3-5-17(22)14-16/h3-9,14,18H,2,10-13,15H2,1H3,(H,23,25). The third kappa shape index (κ3) is 5.10. The Balaban J connectivity index is 1.51. The molecule has 5 nitrogen and oxygen atoms in total. The van der Waals surface area contributed by atoms with Crippen LogP contribution in [0, 0.1) is 5.82 Å². The monoisotopic (exact) mass is 404 g/mol. The van der Waals surface area contributed by atoms with Gasteiger partial charge < -0.3 is 10.2 Å². The maximum absolute atomic E-state index is 13.2. The van der Waals surface area contributed by atoms with Crippen molar-refractivity contribution in [2.75, 3.05) is 23.7 Å². The molecule has 1 aliphatic rings. The topological polar surface area (TPSA) is 66.5 Å². The Morgan fingerprint density at radius 1 is 1.14 bits per heavy atom. The zero-order valence-electron chi connectivity index (χ0n) is 15.9. The van der Waals surface area contributed by atoms with Crippen molar-refractivity contribution in [3.8, 4) is 0 Å². The highest BCUT2D eigenvalue weighted by molar-refractivity contribution is 7.91. The smallest absolute Gasteiger partial charge is 0.224 e. The Morgan fingerprint density at radius 3 is 2.43 bits per heavy atom. The van der Waals surface area contributed by atoms with Gasteiger partial charge in [-0.25, -0.2) is 12.8 Å². The molecule has 7 heteroatoms. The number of carbonyl (C=O) groups excluding carboxylic acids is 1. The number of hydrogen-bond donors (Lipinski definition) is 1. The van der Waals surface area contributed by atoms with Crippen LogP contribution in [-0.4, -0.2) is 39.2 Å². The van der Waals surface area contributed by atoms with Gasteiger partial charge in [-0.15, -0.1) is 0 Å². The first-order chi connectivity index (χ1) is 13.4. The van der Waals surface area contributed by atoms with Crippen LogP contribution in [0.1, 0.15) is 25.3 Å². The molecule has 1 saturated heterocycles. The summed E-state index contributed by atoms with van der Waals surface area (Å²) < 4.78 is 37.0. The van der Waals surface area contributed by atoms with Gasteiger partial charge in [0.25, 0.3) is 0 Å². The first kappa shape index (κ1) is 20.3. The minimum Gasteiger partial charge on any atom is -0.371 e. The molecule has 0 saturated carbocycles. The van der Waals surface area contributed by atoms with Gasteiger partial charge in [-0.1, -0.05) is 19.1 Å². The van der Waals surface area contributed by atoms with Gasteiger partial charge in [0.1, 0.15) is 5.82 Å². The van der Waals surface area contributed by atoms with Crippen LogP contribution in [0.2, 0.25) is 0 Å². The molecule has 3 rings (SSSR count). The Labute approximate surface area is 165 Å². The molecule has 0 aliphatic carbocycles. The fourth-order valence-corrected chi connectivity index (χ4v) is 4.31. The fraction of sp³-hybridized carbons (Fsp3) is 0.381. The van der Waals surface area contributed by atoms with Gasteiger partial charge in [0, 0.05) is 24.8 Å². The van der Waals surface area contributed by atoms with Gasteiger partial charge in [-0.05, 0) is 54.8 Å². The van der Waals surface area contributed by atoms with E-state index in [9.17, 15) is 17.6 Å². The molecule has 1 heterocycles. The number of amides is 1. The summed E-state index contributed by atoms with van der Waals surface area (Å²) in [6.07, 6.45) is 1.79. The number of sulfone groups is 1. The van der Waals surface area contributed by atoms with E-state index < -0.39 is 9.84 Å². The third-order valence-electron chi connectivity index (χ3n) is 5.05. The van der Waals surface area contributed by atoms with Gasteiger partial charge >= 0.3 is 0 Å². The summed E-state index contributed by atoms with van der Waals surface area (Å²) >= 11 is 0. The first-order valence-electron chi connectivity index (χ1n) is 9.49. The number of nitrogens with one attached hydrogen (secondary N) is 1. The van der Waals surface area contributed by atoms with Gasteiger partial charge in [0.05, 0.1) is 17.1 Å². The molecular weight excluding hydrogens is 379 g/mol. The van der Waals surface area contributed by atoms with E-state index in [2.05, 4.69) is 10.2 Å². The molecule has 0 radical (unpaired) electrons. The van der Waals surface area contributed by atoms with E-state index in [1.54, 1.807) is 31.2 Å². The van der Waals surface area contributed by atoms with Crippen molar-refractivity contribution < 1.29 is 17.6 Å². The number of halogens is 1. The largest absolute Gasteiger partial charge is 0.371 e. The minimum absolute atomic E-state index is 0.0903. The van der Waals surface area contributed by atoms with Crippen LogP contribution in [0.25, 0.3) is 0 Å². The highest BCUT2D eigenvalue weighted by atomic mass is 32.2. The minimum atomic E-state index is -3.19. The number of piperidine rings is 1. The van der Waals surface area contributed by atoms with Crippen LogP contribution >= 0.6 is 0 Å². The van der Waals surface area contributed by atoms with E-state index in [0.29, 0.717) is 10.5 Å². The van der Waals surface area contributed by atoms with Gasteiger partial charge in [-0.3, -0.25) is 4.79 Å². The molecular formula is C21H25FN2O3S. The summed E-state index contributed by atoms with van der Waals surface area (Å²) in [4.78, 5) is 14.7. The summed E-state index contributed by atoms with van der Waals surface area (Å²) in [7, 11) is -3.19. The van der Waals surface area contributed by atoms with Crippen molar-refractivity contribution in [3.05, 3.63) is 59.9 Å². The predicted molar refractivity (Wildman–Crippen MR) is 108 cm³/mol. The van der Waals surface area contributed by atoms with E-state index >= 15 is 0 Å². The Bertz CT molecular complexity index is 921. The number of benzene rings is 2. The van der Waals surface area contributed by atoms with Gasteiger partial charge in [-0.2, -0.15) is 0 Å². The Morgan fingerprint density at radius 2 is 1.82 bits per heavy atom. The van der Waals surface area contributed by atoms with Crippen molar-refractivity contribution in [1.29, 1.82) is 0 Å². The number of rotatable bonds is 6. The summed E-state index contributed by atoms with van der Waals surface area (Å²) in [6.45, 7) is 3.20. The quantitative estimate of drug-likeness (QED) is 0.804. The molecule has 1 N–H and O–H groups in total. The van der Waals surface area contributed by atoms with Gasteiger partial charge in [0.15, 0.2) is 9.84 Å². The van der Waals surface area contributed by atoms with Crippen LogP contribution in [0.15, 0.2) is 53.4 Å². The van der Waals surface area contributed by atoms with E-state index in [-0.39, 0.29) is 29.9 Å². The van der Waals surface area contributed by atoms with Crippen molar-refractivity contribution in [1.82, 2.24) is 5.32 Å². The summed E-state index contributed by atoms with van der Waals surface area (Å²) in [6, 6.07) is 13.2. The van der Waals surface area contributed by atoms with Crippen LogP contribution in [0.4, 0.5) is 10.1 Å². The number of anilines is 1.